The zero-order valence-electron chi connectivity index (χ0n) is 10.9. The van der Waals surface area contributed by atoms with Crippen molar-refractivity contribution in [2.75, 3.05) is 5.73 Å². The Hall–Kier alpha value is -1.51. The van der Waals surface area contributed by atoms with Crippen molar-refractivity contribution in [1.29, 1.82) is 0 Å². The molecule has 0 saturated carbocycles. The highest BCUT2D eigenvalue weighted by Gasteiger charge is 2.08. The molecule has 0 spiro atoms. The number of aryl methyl sites for hydroxylation is 1. The zero-order valence-corrected chi connectivity index (χ0v) is 12.4. The summed E-state index contributed by atoms with van der Waals surface area (Å²) in [5.74, 6) is 0.144. The molecule has 20 heavy (non-hydrogen) atoms. The fourth-order valence-corrected chi connectivity index (χ4v) is 2.33. The number of nitrogens with two attached hydrogens (primary N) is 1. The molecule has 2 nitrogen and oxygen atoms in total. The van der Waals surface area contributed by atoms with Gasteiger partial charge in [-0.25, -0.2) is 0 Å². The molecule has 104 valence electrons. The van der Waals surface area contributed by atoms with E-state index in [9.17, 15) is 4.79 Å². The van der Waals surface area contributed by atoms with Gasteiger partial charge in [0, 0.05) is 28.6 Å². The minimum Gasteiger partial charge on any atom is -0.399 e. The van der Waals surface area contributed by atoms with Crippen molar-refractivity contribution < 1.29 is 4.79 Å². The summed E-state index contributed by atoms with van der Waals surface area (Å²) in [5.41, 5.74) is 8.23. The molecule has 0 aliphatic carbocycles. The third-order valence-corrected chi connectivity index (χ3v) is 3.67. The average Bonchev–Trinajstić information content (AvgIpc) is 2.42. The van der Waals surface area contributed by atoms with Gasteiger partial charge in [-0.15, -0.1) is 0 Å². The van der Waals surface area contributed by atoms with E-state index in [2.05, 4.69) is 0 Å². The van der Waals surface area contributed by atoms with E-state index in [0.29, 0.717) is 29.3 Å². The van der Waals surface area contributed by atoms with Crippen molar-refractivity contribution in [3.05, 3.63) is 63.6 Å². The van der Waals surface area contributed by atoms with Crippen LogP contribution in [0.1, 0.15) is 17.5 Å². The van der Waals surface area contributed by atoms with Crippen molar-refractivity contribution in [2.45, 2.75) is 19.3 Å². The number of benzene rings is 2. The first-order chi connectivity index (χ1) is 9.54. The highest BCUT2D eigenvalue weighted by atomic mass is 35.5. The summed E-state index contributed by atoms with van der Waals surface area (Å²) in [6.45, 7) is 0. The number of hydrogen-bond acceptors (Lipinski definition) is 2. The first-order valence-corrected chi connectivity index (χ1v) is 7.10. The van der Waals surface area contributed by atoms with Crippen LogP contribution in [0, 0.1) is 0 Å². The topological polar surface area (TPSA) is 43.1 Å². The number of rotatable bonds is 5. The first kappa shape index (κ1) is 14.9. The van der Waals surface area contributed by atoms with E-state index >= 15 is 0 Å². The van der Waals surface area contributed by atoms with Gasteiger partial charge in [0.25, 0.3) is 0 Å². The molecule has 0 atom stereocenters. The van der Waals surface area contributed by atoms with Crippen LogP contribution < -0.4 is 5.73 Å². The number of nitrogen functional groups attached to an aromatic ring is 1. The lowest BCUT2D eigenvalue weighted by Gasteiger charge is -2.05. The van der Waals surface area contributed by atoms with Crippen LogP contribution in [0.4, 0.5) is 5.69 Å². The third kappa shape index (κ3) is 4.26. The van der Waals surface area contributed by atoms with Crippen LogP contribution in [0.25, 0.3) is 0 Å². The van der Waals surface area contributed by atoms with E-state index in [1.54, 1.807) is 18.2 Å². The largest absolute Gasteiger partial charge is 0.399 e. The zero-order chi connectivity index (χ0) is 14.5. The van der Waals surface area contributed by atoms with Gasteiger partial charge in [0.1, 0.15) is 5.78 Å². The lowest BCUT2D eigenvalue weighted by atomic mass is 10.0. The van der Waals surface area contributed by atoms with Gasteiger partial charge in [0.2, 0.25) is 0 Å². The molecule has 0 unspecified atom stereocenters. The number of carbonyl (C=O) groups excluding carboxylic acids is 1. The Labute approximate surface area is 128 Å². The third-order valence-electron chi connectivity index (χ3n) is 3.07. The summed E-state index contributed by atoms with van der Waals surface area (Å²) in [6, 6.07) is 12.7. The number of carbonyl (C=O) groups is 1. The van der Waals surface area contributed by atoms with Crippen LogP contribution in [0.15, 0.2) is 42.5 Å². The van der Waals surface area contributed by atoms with Gasteiger partial charge in [0.05, 0.1) is 0 Å². The van der Waals surface area contributed by atoms with Crippen LogP contribution in [-0.2, 0) is 17.6 Å². The molecule has 2 aromatic rings. The lowest BCUT2D eigenvalue weighted by Crippen LogP contribution is -2.05. The Morgan fingerprint density at radius 1 is 1.05 bits per heavy atom. The standard InChI is InChI=1S/C16H15Cl2NO/c17-13-4-8-16(18)12(9-13)10-15(20)7-3-11-1-5-14(19)6-2-11/h1-2,4-6,8-9H,3,7,10,19H2. The number of halogens is 2. The van der Waals surface area contributed by atoms with Gasteiger partial charge in [-0.05, 0) is 47.9 Å². The predicted octanol–water partition coefficient (Wildman–Crippen LogP) is 4.32. The predicted molar refractivity (Wildman–Crippen MR) is 84.3 cm³/mol. The molecule has 0 fully saturated rings. The number of anilines is 1. The Balaban J connectivity index is 1.92. The number of ketones is 1. The molecule has 0 amide bonds. The summed E-state index contributed by atoms with van der Waals surface area (Å²) in [6.07, 6.45) is 1.50. The molecule has 0 heterocycles. The van der Waals surface area contributed by atoms with Gasteiger partial charge in [-0.3, -0.25) is 4.79 Å². The van der Waals surface area contributed by atoms with Crippen LogP contribution in [0.2, 0.25) is 10.0 Å². The van der Waals surface area contributed by atoms with Crippen molar-refractivity contribution in [2.24, 2.45) is 0 Å². The minimum atomic E-state index is 0.144. The summed E-state index contributed by atoms with van der Waals surface area (Å²) in [5, 5.41) is 1.17. The monoisotopic (exact) mass is 307 g/mol. The SMILES string of the molecule is Nc1ccc(CCC(=O)Cc2cc(Cl)ccc2Cl)cc1. The average molecular weight is 308 g/mol. The summed E-state index contributed by atoms with van der Waals surface area (Å²) in [4.78, 5) is 12.0. The molecule has 2 N–H and O–H groups in total. The summed E-state index contributed by atoms with van der Waals surface area (Å²) < 4.78 is 0. The maximum Gasteiger partial charge on any atom is 0.137 e. The van der Waals surface area contributed by atoms with Crippen molar-refractivity contribution in [3.63, 3.8) is 0 Å². The van der Waals surface area contributed by atoms with Crippen LogP contribution >= 0.6 is 23.2 Å². The van der Waals surface area contributed by atoms with Crippen molar-refractivity contribution in [3.8, 4) is 0 Å². The van der Waals surface area contributed by atoms with Gasteiger partial charge in [0.15, 0.2) is 0 Å². The molecular formula is C16H15Cl2NO. The molecule has 2 aromatic carbocycles. The quantitative estimate of drug-likeness (QED) is 0.836. The first-order valence-electron chi connectivity index (χ1n) is 6.34. The molecule has 2 rings (SSSR count). The maximum absolute atomic E-state index is 12.0. The second-order valence-corrected chi connectivity index (χ2v) is 5.54. The highest BCUT2D eigenvalue weighted by Crippen LogP contribution is 2.21. The number of Topliss-reactive ketones (excluding diaryl/α,β-unsaturated/α-hetero) is 1. The smallest absolute Gasteiger partial charge is 0.137 e. The molecule has 0 saturated heterocycles. The molecule has 4 heteroatoms. The van der Waals surface area contributed by atoms with Crippen LogP contribution in [0.5, 0.6) is 0 Å². The van der Waals surface area contributed by atoms with Crippen molar-refractivity contribution in [1.82, 2.24) is 0 Å². The highest BCUT2D eigenvalue weighted by molar-refractivity contribution is 6.33. The number of hydrogen-bond donors (Lipinski definition) is 1. The molecule has 0 aliphatic rings. The fraction of sp³-hybridized carbons (Fsp3) is 0.188. The van der Waals surface area contributed by atoms with Gasteiger partial charge in [-0.2, -0.15) is 0 Å². The van der Waals surface area contributed by atoms with Gasteiger partial charge < -0.3 is 5.73 Å². The molecular weight excluding hydrogens is 293 g/mol. The van der Waals surface area contributed by atoms with E-state index in [0.717, 1.165) is 16.8 Å². The van der Waals surface area contributed by atoms with E-state index < -0.39 is 0 Å². The maximum atomic E-state index is 12.0. The normalized spacial score (nSPS) is 10.5. The van der Waals surface area contributed by atoms with Crippen molar-refractivity contribution >= 4 is 34.7 Å². The second-order valence-electron chi connectivity index (χ2n) is 4.69. The van der Waals surface area contributed by atoms with Crippen LogP contribution in [0.3, 0.4) is 0 Å². The van der Waals surface area contributed by atoms with Gasteiger partial charge in [-0.1, -0.05) is 35.3 Å². The van der Waals surface area contributed by atoms with E-state index in [4.69, 9.17) is 28.9 Å². The molecule has 0 aliphatic heterocycles. The molecule has 0 bridgehead atoms. The van der Waals surface area contributed by atoms with E-state index in [-0.39, 0.29) is 5.78 Å². The molecule has 0 radical (unpaired) electrons. The van der Waals surface area contributed by atoms with Gasteiger partial charge >= 0.3 is 0 Å². The molecule has 0 aromatic heterocycles. The Bertz CT molecular complexity index is 608. The van der Waals surface area contributed by atoms with E-state index in [1.807, 2.05) is 24.3 Å². The van der Waals surface area contributed by atoms with Crippen LogP contribution in [-0.4, -0.2) is 5.78 Å². The second kappa shape index (κ2) is 6.78. The Morgan fingerprint density at radius 2 is 1.75 bits per heavy atom. The minimum absolute atomic E-state index is 0.144. The summed E-state index contributed by atoms with van der Waals surface area (Å²) >= 11 is 12.0. The Morgan fingerprint density at radius 3 is 2.45 bits per heavy atom. The fourth-order valence-electron chi connectivity index (χ4n) is 1.95. The summed E-state index contributed by atoms with van der Waals surface area (Å²) in [7, 11) is 0. The lowest BCUT2D eigenvalue weighted by molar-refractivity contribution is -0.118. The van der Waals surface area contributed by atoms with E-state index in [1.165, 1.54) is 0 Å². The Kier molecular flexibility index (Phi) is 5.05.